The summed E-state index contributed by atoms with van der Waals surface area (Å²) in [6.07, 6.45) is -2.30. The van der Waals surface area contributed by atoms with Crippen LogP contribution < -0.4 is 10.6 Å². The Kier molecular flexibility index (Phi) is 4.76. The molecule has 0 radical (unpaired) electrons. The van der Waals surface area contributed by atoms with Crippen molar-refractivity contribution in [3.8, 4) is 0 Å². The van der Waals surface area contributed by atoms with Gasteiger partial charge in [0.15, 0.2) is 11.6 Å². The summed E-state index contributed by atoms with van der Waals surface area (Å²) in [6.45, 7) is 3.34. The van der Waals surface area contributed by atoms with Crippen molar-refractivity contribution in [1.29, 1.82) is 0 Å². The van der Waals surface area contributed by atoms with Crippen molar-refractivity contribution in [3.63, 3.8) is 0 Å². The molecular formula is C14H18N2O8. The maximum Gasteiger partial charge on any atom is 0.322 e. The van der Waals surface area contributed by atoms with Crippen LogP contribution in [0.2, 0.25) is 0 Å². The Bertz CT molecular complexity index is 604. The monoisotopic (exact) mass is 342 g/mol. The Morgan fingerprint density at radius 1 is 1.08 bits per heavy atom. The van der Waals surface area contributed by atoms with Crippen molar-refractivity contribution < 1.29 is 38.2 Å². The highest BCUT2D eigenvalue weighted by atomic mass is 16.6. The fourth-order valence-corrected chi connectivity index (χ4v) is 3.10. The molecule has 0 aromatic carbocycles. The summed E-state index contributed by atoms with van der Waals surface area (Å²) in [5, 5.41) is 4.53. The first-order chi connectivity index (χ1) is 11.2. The zero-order chi connectivity index (χ0) is 18.1. The van der Waals surface area contributed by atoms with Gasteiger partial charge in [0.25, 0.3) is 5.91 Å². The predicted octanol–water partition coefficient (Wildman–Crippen LogP) is -0.989. The van der Waals surface area contributed by atoms with Gasteiger partial charge in [-0.05, 0) is 6.42 Å². The minimum Gasteiger partial charge on any atom is -0.465 e. The van der Waals surface area contributed by atoms with Crippen LogP contribution in [-0.4, -0.2) is 54.2 Å². The molecule has 0 aromatic heterocycles. The quantitative estimate of drug-likeness (QED) is 0.377. The molecule has 1 spiro atoms. The zero-order valence-corrected chi connectivity index (χ0v) is 13.4. The number of esters is 3. The van der Waals surface area contributed by atoms with Crippen molar-refractivity contribution in [2.45, 2.75) is 44.9 Å². The summed E-state index contributed by atoms with van der Waals surface area (Å²) in [6, 6.07) is -0.744. The summed E-state index contributed by atoms with van der Waals surface area (Å²) < 4.78 is 15.3. The highest BCUT2D eigenvalue weighted by Crippen LogP contribution is 2.41. The summed E-state index contributed by atoms with van der Waals surface area (Å²) in [4.78, 5) is 57.8. The number of carbonyl (C=O) groups excluding carboxylic acids is 5. The number of hydrogen-bond donors (Lipinski definition) is 2. The molecule has 10 heteroatoms. The van der Waals surface area contributed by atoms with Gasteiger partial charge < -0.3 is 19.5 Å². The van der Waals surface area contributed by atoms with E-state index in [2.05, 4.69) is 10.6 Å². The lowest BCUT2D eigenvalue weighted by Crippen LogP contribution is -2.57. The summed E-state index contributed by atoms with van der Waals surface area (Å²) in [5.41, 5.74) is -1.58. The minimum atomic E-state index is -1.58. The van der Waals surface area contributed by atoms with Gasteiger partial charge in [0.1, 0.15) is 6.10 Å². The Hall–Kier alpha value is -2.65. The number of urea groups is 1. The van der Waals surface area contributed by atoms with E-state index in [1.54, 1.807) is 0 Å². The molecule has 3 amide bonds. The van der Waals surface area contributed by atoms with Gasteiger partial charge >= 0.3 is 23.9 Å². The third-order valence-corrected chi connectivity index (χ3v) is 3.90. The molecule has 1 saturated heterocycles. The lowest BCUT2D eigenvalue weighted by Gasteiger charge is -2.29. The van der Waals surface area contributed by atoms with Crippen LogP contribution in [0.3, 0.4) is 0 Å². The number of nitrogens with one attached hydrogen (secondary N) is 2. The van der Waals surface area contributed by atoms with Crippen LogP contribution in [0.15, 0.2) is 0 Å². The van der Waals surface area contributed by atoms with E-state index in [0.29, 0.717) is 0 Å². The average Bonchev–Trinajstić information content (AvgIpc) is 2.87. The molecular weight excluding hydrogens is 324 g/mol. The smallest absolute Gasteiger partial charge is 0.322 e. The topological polar surface area (TPSA) is 137 Å². The number of amides is 3. The molecule has 0 aromatic rings. The van der Waals surface area contributed by atoms with Crippen molar-refractivity contribution >= 4 is 29.8 Å². The molecule has 0 unspecified atom stereocenters. The van der Waals surface area contributed by atoms with E-state index in [1.165, 1.54) is 6.92 Å². The van der Waals surface area contributed by atoms with Gasteiger partial charge in [0.05, 0.1) is 6.61 Å². The van der Waals surface area contributed by atoms with Gasteiger partial charge in [-0.25, -0.2) is 4.79 Å². The van der Waals surface area contributed by atoms with E-state index in [4.69, 9.17) is 14.2 Å². The van der Waals surface area contributed by atoms with E-state index >= 15 is 0 Å². The first-order valence-electron chi connectivity index (χ1n) is 7.27. The Labute approximate surface area is 137 Å². The molecule has 2 rings (SSSR count). The summed E-state index contributed by atoms with van der Waals surface area (Å²) >= 11 is 0. The fourth-order valence-electron chi connectivity index (χ4n) is 3.10. The van der Waals surface area contributed by atoms with E-state index < -0.39 is 53.5 Å². The van der Waals surface area contributed by atoms with Gasteiger partial charge in [-0.2, -0.15) is 0 Å². The molecule has 2 fully saturated rings. The lowest BCUT2D eigenvalue weighted by atomic mass is 9.94. The lowest BCUT2D eigenvalue weighted by molar-refractivity contribution is -0.171. The molecule has 132 valence electrons. The largest absolute Gasteiger partial charge is 0.465 e. The fraction of sp³-hybridized carbons (Fsp3) is 0.643. The van der Waals surface area contributed by atoms with Crippen LogP contribution >= 0.6 is 0 Å². The van der Waals surface area contributed by atoms with Crippen LogP contribution in [-0.2, 0) is 33.4 Å². The molecule has 1 saturated carbocycles. The number of carbonyl (C=O) groups is 5. The summed E-state index contributed by atoms with van der Waals surface area (Å²) in [7, 11) is 0. The van der Waals surface area contributed by atoms with Crippen LogP contribution in [0.4, 0.5) is 4.79 Å². The van der Waals surface area contributed by atoms with Crippen molar-refractivity contribution in [3.05, 3.63) is 0 Å². The van der Waals surface area contributed by atoms with Crippen LogP contribution in [0.5, 0.6) is 0 Å². The molecule has 0 bridgehead atoms. The minimum absolute atomic E-state index is 0.0201. The Morgan fingerprint density at radius 3 is 2.17 bits per heavy atom. The molecule has 4 atom stereocenters. The van der Waals surface area contributed by atoms with E-state index in [1.807, 2.05) is 0 Å². The second-order valence-corrected chi connectivity index (χ2v) is 5.75. The van der Waals surface area contributed by atoms with Gasteiger partial charge in [0.2, 0.25) is 0 Å². The second kappa shape index (κ2) is 6.46. The van der Waals surface area contributed by atoms with Crippen molar-refractivity contribution in [1.82, 2.24) is 10.6 Å². The highest BCUT2D eigenvalue weighted by Gasteiger charge is 2.65. The van der Waals surface area contributed by atoms with Crippen molar-refractivity contribution in [2.24, 2.45) is 5.92 Å². The molecule has 10 nitrogen and oxygen atoms in total. The Morgan fingerprint density at radius 2 is 1.71 bits per heavy atom. The maximum atomic E-state index is 12.3. The van der Waals surface area contributed by atoms with Gasteiger partial charge in [-0.1, -0.05) is 0 Å². The predicted molar refractivity (Wildman–Crippen MR) is 75.3 cm³/mol. The maximum absolute atomic E-state index is 12.3. The van der Waals surface area contributed by atoms with Crippen LogP contribution in [0.1, 0.15) is 27.2 Å². The highest BCUT2D eigenvalue weighted by molar-refractivity contribution is 6.08. The Balaban J connectivity index is 2.37. The van der Waals surface area contributed by atoms with Crippen molar-refractivity contribution in [2.75, 3.05) is 6.61 Å². The van der Waals surface area contributed by atoms with E-state index in [9.17, 15) is 24.0 Å². The van der Waals surface area contributed by atoms with E-state index in [-0.39, 0.29) is 13.0 Å². The van der Waals surface area contributed by atoms with Gasteiger partial charge in [-0.15, -0.1) is 0 Å². The molecule has 1 heterocycles. The third kappa shape index (κ3) is 3.31. The first kappa shape index (κ1) is 17.7. The molecule has 1 aliphatic heterocycles. The summed E-state index contributed by atoms with van der Waals surface area (Å²) in [5.74, 6) is -3.25. The van der Waals surface area contributed by atoms with Gasteiger partial charge in [-0.3, -0.25) is 24.5 Å². The normalized spacial score (nSPS) is 31.4. The van der Waals surface area contributed by atoms with Gasteiger partial charge in [0, 0.05) is 26.7 Å². The second-order valence-electron chi connectivity index (χ2n) is 5.75. The number of imide groups is 1. The number of rotatable bonds is 4. The average molecular weight is 342 g/mol. The van der Waals surface area contributed by atoms with Crippen LogP contribution in [0, 0.1) is 5.92 Å². The zero-order valence-electron chi connectivity index (χ0n) is 13.4. The molecule has 1 aliphatic carbocycles. The SMILES string of the molecule is CC(=O)OC[C@H]1C[C@@]2(NC(=O)NC2=O)[C@@H](OC(C)=O)[C@H]1OC(C)=O. The first-order valence-corrected chi connectivity index (χ1v) is 7.27. The third-order valence-electron chi connectivity index (χ3n) is 3.90. The molecule has 2 N–H and O–H groups in total. The van der Waals surface area contributed by atoms with Crippen LogP contribution in [0.25, 0.3) is 0 Å². The molecule has 2 aliphatic rings. The number of ether oxygens (including phenoxy) is 3. The number of hydrogen-bond acceptors (Lipinski definition) is 8. The van der Waals surface area contributed by atoms with E-state index in [0.717, 1.165) is 13.8 Å². The molecule has 24 heavy (non-hydrogen) atoms. The standard InChI is InChI=1S/C14H18N2O8/c1-6(17)22-5-9-4-14(12(20)15-13(21)16-14)11(24-8(3)19)10(9)23-7(2)18/h9-11H,4-5H2,1-3H3,(H2,15,16,20,21)/t9-,10+,11+,14-/m1/s1.